The van der Waals surface area contributed by atoms with Gasteiger partial charge in [-0.1, -0.05) is 51.1 Å². The number of rotatable bonds is 0. The van der Waals surface area contributed by atoms with E-state index >= 15 is 0 Å². The van der Waals surface area contributed by atoms with Crippen LogP contribution < -0.4 is 0 Å². The van der Waals surface area contributed by atoms with Crippen LogP contribution in [-0.4, -0.2) is 0 Å². The average molecular weight is 334 g/mol. The molecule has 0 unspecified atom stereocenters. The average Bonchev–Trinajstić information content (AvgIpc) is 2.61. The van der Waals surface area contributed by atoms with E-state index in [1.54, 1.807) is 0 Å². The van der Waals surface area contributed by atoms with E-state index in [9.17, 15) is 0 Å². The number of hydrogen-bond acceptors (Lipinski definition) is 0. The Balaban J connectivity index is 0.000000386. The van der Waals surface area contributed by atoms with Gasteiger partial charge < -0.3 is 0 Å². The van der Waals surface area contributed by atoms with Crippen molar-refractivity contribution < 1.29 is 20.8 Å². The van der Waals surface area contributed by atoms with E-state index in [0.717, 1.165) is 6.42 Å². The molecule has 0 saturated carbocycles. The van der Waals surface area contributed by atoms with Gasteiger partial charge in [0.05, 0.1) is 0 Å². The molecular formula is C13H16Cl2Zr. The van der Waals surface area contributed by atoms with Crippen LogP contribution in [0.2, 0.25) is 0 Å². The summed E-state index contributed by atoms with van der Waals surface area (Å²) >= 11 is -0.826. The fourth-order valence-electron chi connectivity index (χ4n) is 1.99. The van der Waals surface area contributed by atoms with Crippen LogP contribution in [-0.2, 0) is 27.3 Å². The Morgan fingerprint density at radius 2 is 1.69 bits per heavy atom. The fraction of sp³-hybridized carbons (Fsp3) is 0.385. The van der Waals surface area contributed by atoms with Crippen LogP contribution in [0.5, 0.6) is 0 Å². The first-order valence-corrected chi connectivity index (χ1v) is 11.6. The van der Waals surface area contributed by atoms with E-state index in [-0.39, 0.29) is 5.41 Å². The Morgan fingerprint density at radius 3 is 2.25 bits per heavy atom. The number of allylic oxidation sites excluding steroid dienone is 2. The van der Waals surface area contributed by atoms with Crippen LogP contribution in [0.15, 0.2) is 30.3 Å². The number of hydrogen-bond donors (Lipinski definition) is 0. The summed E-state index contributed by atoms with van der Waals surface area (Å²) in [6.45, 7) is 6.84. The summed E-state index contributed by atoms with van der Waals surface area (Å²) in [7, 11) is 9.87. The second-order valence-electron chi connectivity index (χ2n) is 4.80. The quantitative estimate of drug-likeness (QED) is 0.623. The maximum atomic E-state index is 4.93. The van der Waals surface area contributed by atoms with E-state index in [1.807, 2.05) is 0 Å². The van der Waals surface area contributed by atoms with E-state index in [0.29, 0.717) is 0 Å². The van der Waals surface area contributed by atoms with E-state index < -0.39 is 20.8 Å². The van der Waals surface area contributed by atoms with Gasteiger partial charge in [-0.15, -0.1) is 0 Å². The van der Waals surface area contributed by atoms with Gasteiger partial charge in [-0.25, -0.2) is 0 Å². The van der Waals surface area contributed by atoms with E-state index in [2.05, 4.69) is 51.1 Å². The molecule has 0 aliphatic heterocycles. The Morgan fingerprint density at radius 1 is 1.12 bits per heavy atom. The maximum absolute atomic E-state index is 4.93. The van der Waals surface area contributed by atoms with Gasteiger partial charge >= 0.3 is 37.9 Å². The monoisotopic (exact) mass is 332 g/mol. The first-order chi connectivity index (χ1) is 7.50. The van der Waals surface area contributed by atoms with Crippen molar-refractivity contribution in [3.8, 4) is 0 Å². The molecule has 0 saturated heterocycles. The first kappa shape index (κ1) is 14.5. The summed E-state index contributed by atoms with van der Waals surface area (Å²) in [4.78, 5) is 0. The zero-order valence-corrected chi connectivity index (χ0v) is 13.8. The molecule has 0 atom stereocenters. The third-order valence-electron chi connectivity index (χ3n) is 2.64. The molecule has 0 bridgehead atoms. The summed E-state index contributed by atoms with van der Waals surface area (Å²) in [5.74, 6) is 0. The SMILES string of the molecule is CC(C)(C)C1=CCc2ccccc21.[Cl][Zr][Cl]. The van der Waals surface area contributed by atoms with Crippen LogP contribution in [0.25, 0.3) is 5.57 Å². The molecule has 1 aliphatic rings. The standard InChI is InChI=1S/C13H16.2ClH.Zr/c1-13(2,3)12-9-8-10-6-4-5-7-11(10)12;;;/h4-7,9H,8H2,1-3H3;2*1H;/q;;;+2/p-2. The van der Waals surface area contributed by atoms with Crippen molar-refractivity contribution in [2.45, 2.75) is 27.2 Å². The molecule has 86 valence electrons. The van der Waals surface area contributed by atoms with Gasteiger partial charge in [0.2, 0.25) is 0 Å². The topological polar surface area (TPSA) is 0 Å². The molecule has 0 spiro atoms. The van der Waals surface area contributed by atoms with Crippen molar-refractivity contribution in [1.29, 1.82) is 0 Å². The van der Waals surface area contributed by atoms with Gasteiger partial charge in [0.1, 0.15) is 0 Å². The van der Waals surface area contributed by atoms with Crippen molar-refractivity contribution >= 4 is 22.6 Å². The molecule has 1 aromatic carbocycles. The molecule has 1 aromatic rings. The molecule has 0 radical (unpaired) electrons. The normalized spacial score (nSPS) is 13.4. The van der Waals surface area contributed by atoms with Crippen molar-refractivity contribution in [2.24, 2.45) is 5.41 Å². The zero-order valence-electron chi connectivity index (χ0n) is 9.85. The van der Waals surface area contributed by atoms with E-state index in [4.69, 9.17) is 17.0 Å². The predicted octanol–water partition coefficient (Wildman–Crippen LogP) is 5.05. The molecule has 0 nitrogen and oxygen atoms in total. The predicted molar refractivity (Wildman–Crippen MR) is 69.3 cm³/mol. The van der Waals surface area contributed by atoms with Crippen LogP contribution in [0, 0.1) is 5.41 Å². The van der Waals surface area contributed by atoms with Gasteiger partial charge in [0.15, 0.2) is 0 Å². The van der Waals surface area contributed by atoms with Crippen LogP contribution in [0.4, 0.5) is 0 Å². The van der Waals surface area contributed by atoms with Gasteiger partial charge in [0, 0.05) is 0 Å². The summed E-state index contributed by atoms with van der Waals surface area (Å²) in [5.41, 5.74) is 4.72. The van der Waals surface area contributed by atoms with Gasteiger partial charge in [-0.3, -0.25) is 0 Å². The first-order valence-electron chi connectivity index (χ1n) is 5.26. The van der Waals surface area contributed by atoms with Crippen LogP contribution in [0.1, 0.15) is 31.9 Å². The molecule has 0 aromatic heterocycles. The van der Waals surface area contributed by atoms with Crippen molar-refractivity contribution in [2.75, 3.05) is 0 Å². The summed E-state index contributed by atoms with van der Waals surface area (Å²) in [6.07, 6.45) is 3.48. The molecular weight excluding hydrogens is 318 g/mol. The second-order valence-corrected chi connectivity index (χ2v) is 8.53. The molecule has 1 aliphatic carbocycles. The Kier molecular flexibility index (Phi) is 5.78. The molecule has 0 amide bonds. The van der Waals surface area contributed by atoms with Crippen LogP contribution in [0.3, 0.4) is 0 Å². The number of fused-ring (bicyclic) bond motifs is 1. The Labute approximate surface area is 117 Å². The Bertz CT molecular complexity index is 378. The summed E-state index contributed by atoms with van der Waals surface area (Å²) < 4.78 is 0. The molecule has 2 rings (SSSR count). The van der Waals surface area contributed by atoms with Crippen molar-refractivity contribution in [1.82, 2.24) is 0 Å². The molecule has 16 heavy (non-hydrogen) atoms. The minimum atomic E-state index is -0.826. The third kappa shape index (κ3) is 3.72. The molecule has 0 N–H and O–H groups in total. The minimum absolute atomic E-state index is 0.284. The van der Waals surface area contributed by atoms with Crippen LogP contribution >= 0.6 is 17.0 Å². The zero-order chi connectivity index (χ0) is 12.2. The molecule has 0 fully saturated rings. The van der Waals surface area contributed by atoms with Gasteiger partial charge in [-0.05, 0) is 28.5 Å². The summed E-state index contributed by atoms with van der Waals surface area (Å²) in [6, 6.07) is 8.71. The van der Waals surface area contributed by atoms with Gasteiger partial charge in [-0.2, -0.15) is 0 Å². The number of benzene rings is 1. The van der Waals surface area contributed by atoms with Crippen molar-refractivity contribution in [3.63, 3.8) is 0 Å². The van der Waals surface area contributed by atoms with Gasteiger partial charge in [0.25, 0.3) is 0 Å². The number of halogens is 2. The van der Waals surface area contributed by atoms with E-state index in [1.165, 1.54) is 16.7 Å². The second kappa shape index (κ2) is 6.38. The van der Waals surface area contributed by atoms with Crippen molar-refractivity contribution in [3.05, 3.63) is 41.5 Å². The Hall–Kier alpha value is 0.423. The summed E-state index contributed by atoms with van der Waals surface area (Å²) in [5, 5.41) is 0. The third-order valence-corrected chi connectivity index (χ3v) is 2.64. The molecule has 3 heteroatoms. The molecule has 0 heterocycles. The fourth-order valence-corrected chi connectivity index (χ4v) is 1.99.